The van der Waals surface area contributed by atoms with E-state index < -0.39 is 0 Å². The Labute approximate surface area is 117 Å². The zero-order chi connectivity index (χ0) is 13.1. The van der Waals surface area contributed by atoms with Crippen LogP contribution < -0.4 is 0 Å². The van der Waals surface area contributed by atoms with Gasteiger partial charge in [0.1, 0.15) is 5.82 Å². The van der Waals surface area contributed by atoms with Crippen LogP contribution in [0.2, 0.25) is 0 Å². The third-order valence-electron chi connectivity index (χ3n) is 3.51. The molecule has 0 amide bonds. The van der Waals surface area contributed by atoms with Crippen LogP contribution in [0.1, 0.15) is 31.4 Å². The molecule has 2 rings (SSSR count). The molecule has 4 atom stereocenters. The first-order valence-electron chi connectivity index (χ1n) is 6.26. The van der Waals surface area contributed by atoms with Crippen LogP contribution in [0.4, 0.5) is 4.39 Å². The summed E-state index contributed by atoms with van der Waals surface area (Å²) < 4.78 is 19.0. The highest BCUT2D eigenvalue weighted by molar-refractivity contribution is 6.22. The number of hydrogen-bond acceptors (Lipinski definition) is 1. The molecule has 0 spiro atoms. The van der Waals surface area contributed by atoms with Gasteiger partial charge in [0.25, 0.3) is 0 Å². The molecule has 1 aliphatic heterocycles. The van der Waals surface area contributed by atoms with E-state index in [0.29, 0.717) is 5.88 Å². The smallest absolute Gasteiger partial charge is 0.123 e. The fourth-order valence-electron chi connectivity index (χ4n) is 2.40. The molecule has 18 heavy (non-hydrogen) atoms. The fourth-order valence-corrected chi connectivity index (χ4v) is 3.29. The van der Waals surface area contributed by atoms with Gasteiger partial charge in [-0.05, 0) is 30.5 Å². The maximum Gasteiger partial charge on any atom is 0.123 e. The van der Waals surface area contributed by atoms with Crippen LogP contribution in [0.3, 0.4) is 0 Å². The van der Waals surface area contributed by atoms with Crippen LogP contribution in [0.15, 0.2) is 24.3 Å². The summed E-state index contributed by atoms with van der Waals surface area (Å²) in [5, 5.41) is 0.0104. The van der Waals surface area contributed by atoms with Gasteiger partial charge in [0.05, 0.1) is 12.2 Å². The Kier molecular flexibility index (Phi) is 4.88. The Balaban J connectivity index is 2.23. The number of ether oxygens (including phenoxy) is 1. The van der Waals surface area contributed by atoms with E-state index in [-0.39, 0.29) is 29.3 Å². The van der Waals surface area contributed by atoms with E-state index >= 15 is 0 Å². The normalized spacial score (nSPS) is 32.4. The van der Waals surface area contributed by atoms with Crippen molar-refractivity contribution in [1.29, 1.82) is 0 Å². The number of benzene rings is 1. The minimum absolute atomic E-state index is 0.0104. The molecule has 0 radical (unpaired) electrons. The summed E-state index contributed by atoms with van der Waals surface area (Å²) in [5.74, 6) is 0.278. The molecule has 100 valence electrons. The van der Waals surface area contributed by atoms with Crippen molar-refractivity contribution in [2.75, 3.05) is 5.88 Å². The average molecular weight is 291 g/mol. The Morgan fingerprint density at radius 2 is 2.00 bits per heavy atom. The van der Waals surface area contributed by atoms with Crippen molar-refractivity contribution in [2.24, 2.45) is 5.92 Å². The molecule has 0 bridgehead atoms. The lowest BCUT2D eigenvalue weighted by Crippen LogP contribution is -2.37. The van der Waals surface area contributed by atoms with Gasteiger partial charge < -0.3 is 4.74 Å². The highest BCUT2D eigenvalue weighted by atomic mass is 35.5. The van der Waals surface area contributed by atoms with E-state index in [1.165, 1.54) is 12.1 Å². The molecule has 0 aliphatic carbocycles. The zero-order valence-corrected chi connectivity index (χ0v) is 11.8. The van der Waals surface area contributed by atoms with Gasteiger partial charge in [-0.15, -0.1) is 23.2 Å². The van der Waals surface area contributed by atoms with Gasteiger partial charge in [-0.1, -0.05) is 19.1 Å². The Bertz CT molecular complexity index is 382. The molecule has 1 aliphatic rings. The van der Waals surface area contributed by atoms with Crippen molar-refractivity contribution in [1.82, 2.24) is 0 Å². The zero-order valence-electron chi connectivity index (χ0n) is 10.3. The molecule has 1 aromatic rings. The van der Waals surface area contributed by atoms with E-state index in [1.807, 2.05) is 0 Å². The summed E-state index contributed by atoms with van der Waals surface area (Å²) in [6.07, 6.45) is 1.77. The summed E-state index contributed by atoms with van der Waals surface area (Å²) >= 11 is 12.4. The van der Waals surface area contributed by atoms with Crippen LogP contribution in [0.25, 0.3) is 0 Å². The lowest BCUT2D eigenvalue weighted by Gasteiger charge is -2.39. The van der Waals surface area contributed by atoms with Crippen molar-refractivity contribution < 1.29 is 9.13 Å². The van der Waals surface area contributed by atoms with Gasteiger partial charge >= 0.3 is 0 Å². The van der Waals surface area contributed by atoms with Crippen molar-refractivity contribution >= 4 is 23.2 Å². The molecule has 0 saturated carbocycles. The van der Waals surface area contributed by atoms with E-state index in [1.54, 1.807) is 12.1 Å². The molecule has 4 heteroatoms. The van der Waals surface area contributed by atoms with Gasteiger partial charge in [0, 0.05) is 17.2 Å². The third kappa shape index (κ3) is 2.98. The van der Waals surface area contributed by atoms with E-state index in [0.717, 1.165) is 18.4 Å². The predicted molar refractivity (Wildman–Crippen MR) is 72.8 cm³/mol. The molecule has 0 N–H and O–H groups in total. The SMILES string of the molecule is CC[C@H]1C[C@@H](Cl)[C@H](CCl)[C@@H](c2ccc(F)cc2)O1. The van der Waals surface area contributed by atoms with Crippen molar-refractivity contribution in [3.05, 3.63) is 35.6 Å². The maximum atomic E-state index is 13.0. The lowest BCUT2D eigenvalue weighted by molar-refractivity contribution is -0.0788. The summed E-state index contributed by atoms with van der Waals surface area (Å²) in [6.45, 7) is 2.08. The Hall–Kier alpha value is -0.310. The highest BCUT2D eigenvalue weighted by Gasteiger charge is 2.37. The minimum atomic E-state index is -0.244. The quantitative estimate of drug-likeness (QED) is 0.743. The lowest BCUT2D eigenvalue weighted by atomic mass is 9.88. The molecule has 0 unspecified atom stereocenters. The van der Waals surface area contributed by atoms with Gasteiger partial charge in [-0.2, -0.15) is 0 Å². The summed E-state index contributed by atoms with van der Waals surface area (Å²) in [6, 6.07) is 6.40. The van der Waals surface area contributed by atoms with Crippen molar-refractivity contribution in [2.45, 2.75) is 37.4 Å². The average Bonchev–Trinajstić information content (AvgIpc) is 2.38. The second kappa shape index (κ2) is 6.23. The second-order valence-electron chi connectivity index (χ2n) is 4.71. The topological polar surface area (TPSA) is 9.23 Å². The van der Waals surface area contributed by atoms with Gasteiger partial charge in [-0.25, -0.2) is 4.39 Å². The van der Waals surface area contributed by atoms with Crippen LogP contribution >= 0.6 is 23.2 Å². The Morgan fingerprint density at radius 1 is 1.33 bits per heavy atom. The van der Waals surface area contributed by atoms with Gasteiger partial charge in [0.2, 0.25) is 0 Å². The monoisotopic (exact) mass is 290 g/mol. The number of rotatable bonds is 3. The minimum Gasteiger partial charge on any atom is -0.370 e. The number of hydrogen-bond donors (Lipinski definition) is 0. The highest BCUT2D eigenvalue weighted by Crippen LogP contribution is 2.40. The second-order valence-corrected chi connectivity index (χ2v) is 5.58. The molecule has 1 aromatic carbocycles. The van der Waals surface area contributed by atoms with Crippen LogP contribution in [0.5, 0.6) is 0 Å². The molecule has 1 saturated heterocycles. The first-order valence-corrected chi connectivity index (χ1v) is 7.23. The number of halogens is 3. The van der Waals surface area contributed by atoms with Crippen LogP contribution in [-0.4, -0.2) is 17.4 Å². The van der Waals surface area contributed by atoms with Gasteiger partial charge in [0.15, 0.2) is 0 Å². The molecular weight excluding hydrogens is 274 g/mol. The molecule has 1 nitrogen and oxygen atoms in total. The van der Waals surface area contributed by atoms with E-state index in [2.05, 4.69) is 6.92 Å². The first kappa shape index (κ1) is 14.1. The largest absolute Gasteiger partial charge is 0.370 e. The molecular formula is C14H17Cl2FO. The van der Waals surface area contributed by atoms with E-state index in [4.69, 9.17) is 27.9 Å². The summed E-state index contributed by atoms with van der Waals surface area (Å²) in [7, 11) is 0. The standard InChI is InChI=1S/C14H17Cl2FO/c1-2-11-7-13(16)12(8-15)14(18-11)9-3-5-10(17)6-4-9/h3-6,11-14H,2,7-8H2,1H3/t11-,12-,13+,14+/m0/s1. The molecule has 0 aromatic heterocycles. The van der Waals surface area contributed by atoms with Crippen LogP contribution in [0, 0.1) is 11.7 Å². The van der Waals surface area contributed by atoms with E-state index in [9.17, 15) is 4.39 Å². The maximum absolute atomic E-state index is 13.0. The Morgan fingerprint density at radius 3 is 2.56 bits per heavy atom. The van der Waals surface area contributed by atoms with Crippen molar-refractivity contribution in [3.8, 4) is 0 Å². The first-order chi connectivity index (χ1) is 8.65. The summed E-state index contributed by atoms with van der Waals surface area (Å²) in [4.78, 5) is 0. The predicted octanol–water partition coefficient (Wildman–Crippen LogP) is 4.53. The van der Waals surface area contributed by atoms with Crippen LogP contribution in [-0.2, 0) is 4.74 Å². The molecule has 1 fully saturated rings. The molecule has 1 heterocycles. The van der Waals surface area contributed by atoms with Gasteiger partial charge in [-0.3, -0.25) is 0 Å². The third-order valence-corrected chi connectivity index (χ3v) is 4.37. The number of alkyl halides is 2. The fraction of sp³-hybridized carbons (Fsp3) is 0.571. The summed E-state index contributed by atoms with van der Waals surface area (Å²) in [5.41, 5.74) is 0.950. The van der Waals surface area contributed by atoms with Crippen molar-refractivity contribution in [3.63, 3.8) is 0 Å².